The van der Waals surface area contributed by atoms with E-state index in [1.807, 2.05) is 26.0 Å². The van der Waals surface area contributed by atoms with Crippen LogP contribution in [0.2, 0.25) is 0 Å². The van der Waals surface area contributed by atoms with Gasteiger partial charge >= 0.3 is 0 Å². The highest BCUT2D eigenvalue weighted by Gasteiger charge is 2.06. The molecule has 0 bridgehead atoms. The first kappa shape index (κ1) is 7.00. The van der Waals surface area contributed by atoms with Gasteiger partial charge in [0, 0.05) is 0 Å². The Morgan fingerprint density at radius 3 is 2.00 bits per heavy atom. The van der Waals surface area contributed by atoms with Crippen molar-refractivity contribution in [3.05, 3.63) is 35.5 Å². The molecule has 1 N–H and O–H groups in total. The van der Waals surface area contributed by atoms with Gasteiger partial charge in [-0.05, 0) is 30.6 Å². The van der Waals surface area contributed by atoms with Gasteiger partial charge in [-0.15, -0.1) is 0 Å². The summed E-state index contributed by atoms with van der Waals surface area (Å²) < 4.78 is 0. The molecule has 0 unspecified atom stereocenters. The van der Waals surface area contributed by atoms with Gasteiger partial charge in [0.05, 0.1) is 5.71 Å². The summed E-state index contributed by atoms with van der Waals surface area (Å²) in [6.07, 6.45) is 3.85. The van der Waals surface area contributed by atoms with Crippen molar-refractivity contribution >= 4 is 5.71 Å². The van der Waals surface area contributed by atoms with Crippen molar-refractivity contribution in [2.75, 3.05) is 0 Å². The molecule has 0 fully saturated rings. The molecule has 1 aliphatic rings. The molecule has 0 aromatic heterocycles. The van der Waals surface area contributed by atoms with E-state index in [1.54, 1.807) is 0 Å². The summed E-state index contributed by atoms with van der Waals surface area (Å²) in [7, 11) is 0. The minimum absolute atomic E-state index is 0.632. The molecule has 0 aromatic rings. The molecule has 1 rings (SSSR count). The van der Waals surface area contributed by atoms with Crippen molar-refractivity contribution in [1.82, 2.24) is 0 Å². The highest BCUT2D eigenvalue weighted by Crippen LogP contribution is 2.16. The number of allylic oxidation sites excluding steroid dienone is 5. The molecule has 10 heavy (non-hydrogen) atoms. The van der Waals surface area contributed by atoms with E-state index in [0.717, 1.165) is 16.7 Å². The van der Waals surface area contributed by atoms with E-state index in [0.29, 0.717) is 5.71 Å². The second-order valence-corrected chi connectivity index (χ2v) is 2.60. The third-order valence-corrected chi connectivity index (χ3v) is 1.59. The van der Waals surface area contributed by atoms with Crippen LogP contribution in [-0.2, 0) is 0 Å². The van der Waals surface area contributed by atoms with E-state index in [9.17, 15) is 0 Å². The van der Waals surface area contributed by atoms with Gasteiger partial charge in [-0.25, -0.2) is 0 Å². The van der Waals surface area contributed by atoms with Crippen molar-refractivity contribution < 1.29 is 0 Å². The molecule has 52 valence electrons. The lowest BCUT2D eigenvalue weighted by Gasteiger charge is -2.10. The molecule has 0 aromatic carbocycles. The van der Waals surface area contributed by atoms with E-state index in [4.69, 9.17) is 5.41 Å². The van der Waals surface area contributed by atoms with Crippen LogP contribution in [0, 0.1) is 5.41 Å². The third kappa shape index (κ3) is 1.08. The quantitative estimate of drug-likeness (QED) is 0.525. The molecule has 0 atom stereocenters. The maximum atomic E-state index is 7.51. The molecule has 1 nitrogen and oxygen atoms in total. The molecule has 0 saturated carbocycles. The topological polar surface area (TPSA) is 23.9 Å². The Labute approximate surface area is 61.3 Å². The zero-order valence-corrected chi connectivity index (χ0v) is 6.36. The van der Waals surface area contributed by atoms with Gasteiger partial charge in [-0.3, -0.25) is 0 Å². The Balaban J connectivity index is 3.05. The maximum absolute atomic E-state index is 7.51. The molecule has 0 heterocycles. The Morgan fingerprint density at radius 2 is 1.60 bits per heavy atom. The second-order valence-electron chi connectivity index (χ2n) is 2.60. The summed E-state index contributed by atoms with van der Waals surface area (Å²) in [5.41, 5.74) is 3.63. The number of hydrogen-bond acceptors (Lipinski definition) is 1. The average Bonchev–Trinajstić information content (AvgIpc) is 1.82. The molecule has 1 heteroatoms. The summed E-state index contributed by atoms with van der Waals surface area (Å²) in [6.45, 7) is 7.67. The van der Waals surface area contributed by atoms with Crippen LogP contribution in [0.1, 0.15) is 13.8 Å². The van der Waals surface area contributed by atoms with Crippen LogP contribution in [0.15, 0.2) is 35.5 Å². The summed E-state index contributed by atoms with van der Waals surface area (Å²) in [4.78, 5) is 0. The zero-order chi connectivity index (χ0) is 7.72. The molecule has 0 spiro atoms. The van der Waals surface area contributed by atoms with Crippen molar-refractivity contribution in [2.45, 2.75) is 13.8 Å². The van der Waals surface area contributed by atoms with Gasteiger partial charge in [-0.2, -0.15) is 0 Å². The summed E-state index contributed by atoms with van der Waals surface area (Å²) in [5, 5.41) is 7.51. The number of nitrogens with one attached hydrogen (secondary N) is 1. The smallest absolute Gasteiger partial charge is 0.0598 e. The van der Waals surface area contributed by atoms with Gasteiger partial charge in [0.2, 0.25) is 0 Å². The molecular formula is C9H11N. The lowest BCUT2D eigenvalue weighted by atomic mass is 9.96. The fraction of sp³-hybridized carbons (Fsp3) is 0.222. The minimum Gasteiger partial charge on any atom is -0.300 e. The zero-order valence-electron chi connectivity index (χ0n) is 6.36. The predicted molar refractivity (Wildman–Crippen MR) is 44.4 cm³/mol. The first-order chi connectivity index (χ1) is 4.61. The van der Waals surface area contributed by atoms with Gasteiger partial charge in [-0.1, -0.05) is 18.7 Å². The van der Waals surface area contributed by atoms with E-state index in [-0.39, 0.29) is 0 Å². The van der Waals surface area contributed by atoms with E-state index in [2.05, 4.69) is 6.58 Å². The Morgan fingerprint density at radius 1 is 1.20 bits per heavy atom. The van der Waals surface area contributed by atoms with Crippen LogP contribution in [0.5, 0.6) is 0 Å². The summed E-state index contributed by atoms with van der Waals surface area (Å²) in [6, 6.07) is 0. The molecule has 0 saturated heterocycles. The Kier molecular flexibility index (Phi) is 1.58. The van der Waals surface area contributed by atoms with Gasteiger partial charge < -0.3 is 5.41 Å². The highest BCUT2D eigenvalue weighted by atomic mass is 14.4. The minimum atomic E-state index is 0.632. The molecule has 0 aliphatic heterocycles. The lowest BCUT2D eigenvalue weighted by molar-refractivity contribution is 1.36. The van der Waals surface area contributed by atoms with Crippen LogP contribution < -0.4 is 0 Å². The van der Waals surface area contributed by atoms with E-state index in [1.165, 1.54) is 0 Å². The lowest BCUT2D eigenvalue weighted by Crippen LogP contribution is -2.04. The van der Waals surface area contributed by atoms with Crippen LogP contribution in [-0.4, -0.2) is 5.71 Å². The standard InChI is InChI=1S/C9H11N/c1-6-4-7(2)9(10)8(3)5-6/h4-5,10H,1H2,2-3H3. The largest absolute Gasteiger partial charge is 0.300 e. The second kappa shape index (κ2) is 2.25. The Hall–Kier alpha value is -1.11. The third-order valence-electron chi connectivity index (χ3n) is 1.59. The molecule has 0 amide bonds. The Bertz CT molecular complexity index is 230. The van der Waals surface area contributed by atoms with Crippen molar-refractivity contribution in [3.63, 3.8) is 0 Å². The first-order valence-corrected chi connectivity index (χ1v) is 3.26. The first-order valence-electron chi connectivity index (χ1n) is 3.26. The van der Waals surface area contributed by atoms with Crippen molar-refractivity contribution in [3.8, 4) is 0 Å². The van der Waals surface area contributed by atoms with E-state index >= 15 is 0 Å². The maximum Gasteiger partial charge on any atom is 0.0598 e. The SMILES string of the molecule is C=C1C=C(C)C(=N)C(C)=C1. The van der Waals surface area contributed by atoms with Crippen LogP contribution in [0.25, 0.3) is 0 Å². The van der Waals surface area contributed by atoms with Crippen LogP contribution >= 0.6 is 0 Å². The van der Waals surface area contributed by atoms with E-state index < -0.39 is 0 Å². The average molecular weight is 133 g/mol. The fourth-order valence-electron chi connectivity index (χ4n) is 1.05. The van der Waals surface area contributed by atoms with Crippen molar-refractivity contribution in [2.24, 2.45) is 0 Å². The van der Waals surface area contributed by atoms with Crippen molar-refractivity contribution in [1.29, 1.82) is 5.41 Å². The van der Waals surface area contributed by atoms with Crippen LogP contribution in [0.3, 0.4) is 0 Å². The summed E-state index contributed by atoms with van der Waals surface area (Å²) >= 11 is 0. The predicted octanol–water partition coefficient (Wildman–Crippen LogP) is 2.47. The van der Waals surface area contributed by atoms with Gasteiger partial charge in [0.1, 0.15) is 0 Å². The molecular weight excluding hydrogens is 122 g/mol. The fourth-order valence-corrected chi connectivity index (χ4v) is 1.05. The number of hydrogen-bond donors (Lipinski definition) is 1. The summed E-state index contributed by atoms with van der Waals surface area (Å²) in [5.74, 6) is 0. The number of rotatable bonds is 0. The van der Waals surface area contributed by atoms with Gasteiger partial charge in [0.15, 0.2) is 0 Å². The van der Waals surface area contributed by atoms with Crippen LogP contribution in [0.4, 0.5) is 0 Å². The molecule has 1 aliphatic carbocycles. The highest BCUT2D eigenvalue weighted by molar-refractivity contribution is 6.11. The molecule has 0 radical (unpaired) electrons. The monoisotopic (exact) mass is 133 g/mol. The normalized spacial score (nSPS) is 18.6. The van der Waals surface area contributed by atoms with Gasteiger partial charge in [0.25, 0.3) is 0 Å².